The molecule has 1 amide bonds. The quantitative estimate of drug-likeness (QED) is 0.535. The molecule has 2 aromatic heterocycles. The van der Waals surface area contributed by atoms with Gasteiger partial charge in [0.25, 0.3) is 17.2 Å². The van der Waals surface area contributed by atoms with E-state index in [1.165, 1.54) is 21.5 Å². The maximum Gasteiger partial charge on any atom is 0.277 e. The van der Waals surface area contributed by atoms with Gasteiger partial charge in [0, 0.05) is 16.8 Å². The largest absolute Gasteiger partial charge is 0.497 e. The summed E-state index contributed by atoms with van der Waals surface area (Å²) < 4.78 is 19.7. The van der Waals surface area contributed by atoms with Gasteiger partial charge < -0.3 is 4.74 Å². The molecule has 0 aliphatic rings. The number of aromatic amines is 1. The minimum Gasteiger partial charge on any atom is -0.497 e. The average Bonchev–Trinajstić information content (AvgIpc) is 3.20. The summed E-state index contributed by atoms with van der Waals surface area (Å²) in [5.74, 6) is 0.205. The van der Waals surface area contributed by atoms with Crippen LogP contribution in [-0.4, -0.2) is 32.6 Å². The third-order valence-electron chi connectivity index (χ3n) is 5.04. The van der Waals surface area contributed by atoms with Crippen LogP contribution in [-0.2, 0) is 6.54 Å². The van der Waals surface area contributed by atoms with Crippen LogP contribution in [0.2, 0.25) is 0 Å². The van der Waals surface area contributed by atoms with E-state index in [2.05, 4.69) is 15.1 Å². The van der Waals surface area contributed by atoms with E-state index in [9.17, 15) is 14.0 Å². The van der Waals surface area contributed by atoms with Gasteiger partial charge in [0.2, 0.25) is 5.95 Å². The Bertz CT molecular complexity index is 1310. The Morgan fingerprint density at radius 1 is 1.10 bits per heavy atom. The maximum atomic E-state index is 13.4. The van der Waals surface area contributed by atoms with E-state index in [4.69, 9.17) is 4.74 Å². The molecule has 0 aliphatic heterocycles. The highest BCUT2D eigenvalue weighted by Crippen LogP contribution is 2.19. The van der Waals surface area contributed by atoms with Gasteiger partial charge in [0.05, 0.1) is 13.7 Å². The first-order valence-corrected chi connectivity index (χ1v) is 9.53. The molecular weight excluding hydrogens is 401 g/mol. The summed E-state index contributed by atoms with van der Waals surface area (Å²) in [6.45, 7) is 3.51. The topological polar surface area (TPSA) is 92.6 Å². The number of methoxy groups -OCH3 is 1. The van der Waals surface area contributed by atoms with E-state index >= 15 is 0 Å². The van der Waals surface area contributed by atoms with E-state index in [0.29, 0.717) is 28.1 Å². The Hall–Kier alpha value is -4.01. The predicted octanol–water partition coefficient (Wildman–Crippen LogP) is 3.03. The molecule has 4 rings (SSSR count). The van der Waals surface area contributed by atoms with Gasteiger partial charge in [0.1, 0.15) is 11.6 Å². The zero-order valence-electron chi connectivity index (χ0n) is 17.2. The second kappa shape index (κ2) is 8.02. The molecule has 0 unspecified atom stereocenters. The number of ether oxygens (including phenoxy) is 1. The smallest absolute Gasteiger partial charge is 0.277 e. The van der Waals surface area contributed by atoms with Gasteiger partial charge >= 0.3 is 0 Å². The number of carbonyl (C=O) groups excluding carboxylic acids is 1. The second-order valence-electron chi connectivity index (χ2n) is 7.06. The van der Waals surface area contributed by atoms with Gasteiger partial charge in [-0.1, -0.05) is 12.1 Å². The number of aromatic nitrogens is 4. The van der Waals surface area contributed by atoms with Crippen molar-refractivity contribution in [3.63, 3.8) is 0 Å². The molecule has 0 aliphatic carbocycles. The number of halogens is 1. The summed E-state index contributed by atoms with van der Waals surface area (Å²) in [7, 11) is 1.54. The van der Waals surface area contributed by atoms with Crippen molar-refractivity contribution in [2.75, 3.05) is 12.0 Å². The maximum absolute atomic E-state index is 13.4. The third kappa shape index (κ3) is 3.89. The van der Waals surface area contributed by atoms with Crippen molar-refractivity contribution in [1.29, 1.82) is 0 Å². The molecule has 9 heteroatoms. The zero-order chi connectivity index (χ0) is 22.1. The summed E-state index contributed by atoms with van der Waals surface area (Å²) in [6.07, 6.45) is 0. The first-order chi connectivity index (χ1) is 14.9. The monoisotopic (exact) mass is 421 g/mol. The SMILES string of the molecule is COc1ccc(C(=O)N(Cc2ccc(F)cc2)c2nc3nc(C)c(C)c(=O)n3[nH]2)cc1. The van der Waals surface area contributed by atoms with Crippen LogP contribution in [0.4, 0.5) is 10.3 Å². The standard InChI is InChI=1S/C22H20FN5O3/c1-13-14(2)24-21-25-22(26-28(21)19(13)29)27(12-15-4-8-17(23)9-5-15)20(30)16-6-10-18(31-3)11-7-16/h4-11H,12H2,1-3H3,(H,24,25,26). The van der Waals surface area contributed by atoms with Crippen LogP contribution in [0.15, 0.2) is 53.3 Å². The number of aryl methyl sites for hydroxylation is 1. The lowest BCUT2D eigenvalue weighted by atomic mass is 10.1. The zero-order valence-corrected chi connectivity index (χ0v) is 17.2. The molecule has 0 atom stereocenters. The molecule has 0 bridgehead atoms. The van der Waals surface area contributed by atoms with E-state index < -0.39 is 0 Å². The molecular formula is C22H20FN5O3. The van der Waals surface area contributed by atoms with Crippen LogP contribution in [0.3, 0.4) is 0 Å². The Kier molecular flexibility index (Phi) is 5.24. The Morgan fingerprint density at radius 3 is 2.42 bits per heavy atom. The molecule has 2 aromatic carbocycles. The minimum absolute atomic E-state index is 0.109. The molecule has 0 fully saturated rings. The number of rotatable bonds is 5. The number of carbonyl (C=O) groups is 1. The molecule has 2 heterocycles. The Balaban J connectivity index is 1.80. The van der Waals surface area contributed by atoms with Gasteiger partial charge in [-0.2, -0.15) is 9.50 Å². The van der Waals surface area contributed by atoms with E-state index in [-0.39, 0.29) is 35.6 Å². The van der Waals surface area contributed by atoms with E-state index in [0.717, 1.165) is 0 Å². The van der Waals surface area contributed by atoms with Crippen molar-refractivity contribution < 1.29 is 13.9 Å². The lowest BCUT2D eigenvalue weighted by Gasteiger charge is -2.20. The fraction of sp³-hybridized carbons (Fsp3) is 0.182. The van der Waals surface area contributed by atoms with Gasteiger partial charge in [-0.3, -0.25) is 19.6 Å². The molecule has 0 saturated carbocycles. The fourth-order valence-electron chi connectivity index (χ4n) is 3.12. The van der Waals surface area contributed by atoms with Crippen molar-refractivity contribution in [1.82, 2.24) is 19.6 Å². The van der Waals surface area contributed by atoms with Crippen molar-refractivity contribution in [2.45, 2.75) is 20.4 Å². The Labute approximate surface area is 176 Å². The van der Waals surface area contributed by atoms with Crippen molar-refractivity contribution in [3.05, 3.63) is 87.1 Å². The number of hydrogen-bond donors (Lipinski definition) is 1. The number of hydrogen-bond acceptors (Lipinski definition) is 5. The number of amides is 1. The number of H-pyrrole nitrogens is 1. The lowest BCUT2D eigenvalue weighted by molar-refractivity contribution is 0.0983. The van der Waals surface area contributed by atoms with Gasteiger partial charge in [-0.05, 0) is 55.8 Å². The molecule has 0 saturated heterocycles. The normalized spacial score (nSPS) is 11.0. The highest BCUT2D eigenvalue weighted by atomic mass is 19.1. The van der Waals surface area contributed by atoms with Crippen molar-refractivity contribution >= 4 is 17.6 Å². The molecule has 8 nitrogen and oxygen atoms in total. The molecule has 31 heavy (non-hydrogen) atoms. The highest BCUT2D eigenvalue weighted by molar-refractivity contribution is 6.05. The van der Waals surface area contributed by atoms with Crippen LogP contribution in [0.25, 0.3) is 5.78 Å². The number of nitrogens with zero attached hydrogens (tertiary/aromatic N) is 4. The summed E-state index contributed by atoms with van der Waals surface area (Å²) in [5.41, 5.74) is 1.85. The summed E-state index contributed by atoms with van der Waals surface area (Å²) in [5, 5.41) is 2.87. The van der Waals surface area contributed by atoms with Crippen LogP contribution < -0.4 is 15.2 Å². The van der Waals surface area contributed by atoms with E-state index in [1.807, 2.05) is 0 Å². The van der Waals surface area contributed by atoms with Crippen molar-refractivity contribution in [2.24, 2.45) is 0 Å². The number of nitrogens with one attached hydrogen (secondary N) is 1. The fourth-order valence-corrected chi connectivity index (χ4v) is 3.12. The Morgan fingerprint density at radius 2 is 1.77 bits per heavy atom. The molecule has 1 N–H and O–H groups in total. The van der Waals surface area contributed by atoms with Gasteiger partial charge in [-0.15, -0.1) is 0 Å². The van der Waals surface area contributed by atoms with Crippen LogP contribution in [0, 0.1) is 19.7 Å². The second-order valence-corrected chi connectivity index (χ2v) is 7.06. The third-order valence-corrected chi connectivity index (χ3v) is 5.04. The number of anilines is 1. The summed E-state index contributed by atoms with van der Waals surface area (Å²) in [4.78, 5) is 36.0. The summed E-state index contributed by atoms with van der Waals surface area (Å²) in [6, 6.07) is 12.5. The lowest BCUT2D eigenvalue weighted by Crippen LogP contribution is -2.31. The molecule has 4 aromatic rings. The first-order valence-electron chi connectivity index (χ1n) is 9.53. The predicted molar refractivity (Wildman–Crippen MR) is 113 cm³/mol. The highest BCUT2D eigenvalue weighted by Gasteiger charge is 2.23. The molecule has 158 valence electrons. The van der Waals surface area contributed by atoms with Crippen LogP contribution >= 0.6 is 0 Å². The van der Waals surface area contributed by atoms with Gasteiger partial charge in [0.15, 0.2) is 0 Å². The molecule has 0 radical (unpaired) electrons. The molecule has 0 spiro atoms. The first kappa shape index (κ1) is 20.3. The van der Waals surface area contributed by atoms with E-state index in [1.54, 1.807) is 57.4 Å². The number of benzene rings is 2. The van der Waals surface area contributed by atoms with Gasteiger partial charge in [-0.25, -0.2) is 9.37 Å². The minimum atomic E-state index is -0.373. The van der Waals surface area contributed by atoms with Crippen LogP contribution in [0.5, 0.6) is 5.75 Å². The average molecular weight is 421 g/mol. The van der Waals surface area contributed by atoms with Crippen LogP contribution in [0.1, 0.15) is 27.2 Å². The number of fused-ring (bicyclic) bond motifs is 1. The summed E-state index contributed by atoms with van der Waals surface area (Å²) >= 11 is 0. The van der Waals surface area contributed by atoms with Crippen molar-refractivity contribution in [3.8, 4) is 5.75 Å².